The summed E-state index contributed by atoms with van der Waals surface area (Å²) in [6.45, 7) is 0.276. The average Bonchev–Trinajstić information content (AvgIpc) is 2.80. The molecule has 0 saturated carbocycles. The van der Waals surface area contributed by atoms with E-state index in [1.807, 2.05) is 54.6 Å². The highest BCUT2D eigenvalue weighted by molar-refractivity contribution is 6.06. The molecule has 1 N–H and O–H groups in total. The lowest BCUT2D eigenvalue weighted by atomic mass is 9.71. The highest BCUT2D eigenvalue weighted by Gasteiger charge is 2.55. The Hall–Kier alpha value is -3.51. The first-order valence-electron chi connectivity index (χ1n) is 10.5. The number of benzene rings is 2. The van der Waals surface area contributed by atoms with Gasteiger partial charge in [0.2, 0.25) is 5.91 Å². The Labute approximate surface area is 180 Å². The number of fused-ring (bicyclic) bond motifs is 3. The lowest BCUT2D eigenvalue weighted by Crippen LogP contribution is -2.71. The number of pyridine rings is 1. The van der Waals surface area contributed by atoms with Gasteiger partial charge in [0, 0.05) is 24.3 Å². The van der Waals surface area contributed by atoms with Crippen molar-refractivity contribution in [3.63, 3.8) is 0 Å². The molecule has 1 fully saturated rings. The zero-order valence-electron chi connectivity index (χ0n) is 17.0. The van der Waals surface area contributed by atoms with Crippen LogP contribution < -0.4 is 4.90 Å². The minimum Gasteiger partial charge on any atom is -0.394 e. The Morgan fingerprint density at radius 1 is 0.968 bits per heavy atom. The van der Waals surface area contributed by atoms with E-state index >= 15 is 0 Å². The van der Waals surface area contributed by atoms with Crippen LogP contribution in [0, 0.1) is 0 Å². The molecule has 0 unspecified atom stereocenters. The highest BCUT2D eigenvalue weighted by Crippen LogP contribution is 2.48. The van der Waals surface area contributed by atoms with Gasteiger partial charge in [-0.05, 0) is 29.3 Å². The summed E-state index contributed by atoms with van der Waals surface area (Å²) < 4.78 is 0. The van der Waals surface area contributed by atoms with Crippen LogP contribution >= 0.6 is 0 Å². The van der Waals surface area contributed by atoms with E-state index in [4.69, 9.17) is 0 Å². The molecule has 2 aromatic carbocycles. The Bertz CT molecular complexity index is 1100. The third-order valence-electron chi connectivity index (χ3n) is 6.30. The first-order chi connectivity index (χ1) is 15.2. The molecule has 2 amide bonds. The number of rotatable bonds is 4. The Kier molecular flexibility index (Phi) is 5.00. The SMILES string of the molecule is O=C(c1ccccn1)N1C[C@H]2[C@@H](c3ccccc31)[C@@H](CO)N2C(=O)Cc1ccccc1. The van der Waals surface area contributed by atoms with Crippen molar-refractivity contribution in [3.05, 3.63) is 95.8 Å². The fourth-order valence-electron chi connectivity index (χ4n) is 4.92. The number of aliphatic hydroxyl groups is 1. The highest BCUT2D eigenvalue weighted by atomic mass is 16.3. The summed E-state index contributed by atoms with van der Waals surface area (Å²) >= 11 is 0. The lowest BCUT2D eigenvalue weighted by molar-refractivity contribution is -0.149. The number of hydrogen-bond donors (Lipinski definition) is 1. The summed E-state index contributed by atoms with van der Waals surface area (Å²) in [4.78, 5) is 34.2. The van der Waals surface area contributed by atoms with Gasteiger partial charge in [0.1, 0.15) is 5.69 Å². The second-order valence-corrected chi connectivity index (χ2v) is 8.00. The average molecular weight is 413 g/mol. The van der Waals surface area contributed by atoms with E-state index in [-0.39, 0.29) is 42.8 Å². The largest absolute Gasteiger partial charge is 0.394 e. The van der Waals surface area contributed by atoms with E-state index in [0.717, 1.165) is 16.8 Å². The van der Waals surface area contributed by atoms with Crippen LogP contribution in [0.3, 0.4) is 0 Å². The number of carbonyl (C=O) groups excluding carboxylic acids is 2. The predicted octanol–water partition coefficient (Wildman–Crippen LogP) is 2.64. The summed E-state index contributed by atoms with van der Waals surface area (Å²) in [7, 11) is 0. The zero-order valence-corrected chi connectivity index (χ0v) is 17.0. The van der Waals surface area contributed by atoms with Crippen molar-refractivity contribution in [3.8, 4) is 0 Å². The molecule has 3 heterocycles. The van der Waals surface area contributed by atoms with Crippen LogP contribution in [-0.2, 0) is 11.2 Å². The smallest absolute Gasteiger partial charge is 0.276 e. The third-order valence-corrected chi connectivity index (χ3v) is 6.30. The lowest BCUT2D eigenvalue weighted by Gasteiger charge is -2.59. The predicted molar refractivity (Wildman–Crippen MR) is 117 cm³/mol. The quantitative estimate of drug-likeness (QED) is 0.714. The second-order valence-electron chi connectivity index (χ2n) is 8.00. The van der Waals surface area contributed by atoms with Crippen LogP contribution in [0.1, 0.15) is 27.5 Å². The fraction of sp³-hybridized carbons (Fsp3) is 0.240. The van der Waals surface area contributed by atoms with E-state index in [9.17, 15) is 14.7 Å². The molecular formula is C25H23N3O3. The number of anilines is 1. The molecule has 156 valence electrons. The number of amides is 2. The van der Waals surface area contributed by atoms with Crippen molar-refractivity contribution in [1.29, 1.82) is 0 Å². The molecule has 0 radical (unpaired) electrons. The fourth-order valence-corrected chi connectivity index (χ4v) is 4.92. The maximum atomic E-state index is 13.3. The maximum absolute atomic E-state index is 13.3. The standard InChI is InChI=1S/C25H23N3O3/c29-16-22-24-18-10-4-5-12-20(18)27(25(31)19-11-6-7-13-26-19)15-21(24)28(22)23(30)14-17-8-2-1-3-9-17/h1-13,21-22,24,29H,14-16H2/t21-,22+,24+/m0/s1. The second kappa shape index (κ2) is 7.96. The summed E-state index contributed by atoms with van der Waals surface area (Å²) in [5.74, 6) is -0.209. The van der Waals surface area contributed by atoms with E-state index in [0.29, 0.717) is 12.2 Å². The summed E-state index contributed by atoms with van der Waals surface area (Å²) in [5, 5.41) is 10.1. The maximum Gasteiger partial charge on any atom is 0.276 e. The number of likely N-dealkylation sites (tertiary alicyclic amines) is 1. The number of carbonyl (C=O) groups is 2. The monoisotopic (exact) mass is 413 g/mol. The van der Waals surface area contributed by atoms with Crippen molar-refractivity contribution < 1.29 is 14.7 Å². The van der Waals surface area contributed by atoms with Crippen LogP contribution in [0.25, 0.3) is 0 Å². The van der Waals surface area contributed by atoms with Crippen molar-refractivity contribution in [2.75, 3.05) is 18.1 Å². The van der Waals surface area contributed by atoms with Crippen LogP contribution in [0.5, 0.6) is 0 Å². The van der Waals surface area contributed by atoms with E-state index in [2.05, 4.69) is 4.98 Å². The van der Waals surface area contributed by atoms with Gasteiger partial charge in [0.05, 0.1) is 25.1 Å². The summed E-state index contributed by atoms with van der Waals surface area (Å²) in [6, 6.07) is 22.2. The van der Waals surface area contributed by atoms with Gasteiger partial charge in [-0.25, -0.2) is 0 Å². The molecule has 3 aromatic rings. The van der Waals surface area contributed by atoms with Gasteiger partial charge in [0.25, 0.3) is 5.91 Å². The van der Waals surface area contributed by atoms with Gasteiger partial charge in [-0.1, -0.05) is 54.6 Å². The number of aromatic nitrogens is 1. The van der Waals surface area contributed by atoms with E-state index in [1.165, 1.54) is 0 Å². The zero-order chi connectivity index (χ0) is 21.4. The normalized spacial score (nSPS) is 21.6. The topological polar surface area (TPSA) is 73.7 Å². The molecule has 0 spiro atoms. The molecule has 0 aliphatic carbocycles. The van der Waals surface area contributed by atoms with Crippen LogP contribution in [-0.4, -0.2) is 52.0 Å². The molecule has 1 aromatic heterocycles. The molecule has 31 heavy (non-hydrogen) atoms. The van der Waals surface area contributed by atoms with Crippen LogP contribution in [0.2, 0.25) is 0 Å². The Balaban J connectivity index is 1.47. The molecule has 1 saturated heterocycles. The molecule has 5 rings (SSSR count). The van der Waals surface area contributed by atoms with Crippen molar-refractivity contribution in [1.82, 2.24) is 9.88 Å². The number of para-hydroxylation sites is 1. The van der Waals surface area contributed by atoms with Crippen molar-refractivity contribution in [2.45, 2.75) is 24.4 Å². The number of aliphatic hydroxyl groups excluding tert-OH is 1. The van der Waals surface area contributed by atoms with Gasteiger partial charge in [0.15, 0.2) is 0 Å². The van der Waals surface area contributed by atoms with Crippen LogP contribution in [0.15, 0.2) is 79.0 Å². The minimum absolute atomic E-state index is 0.00806. The Morgan fingerprint density at radius 2 is 1.71 bits per heavy atom. The molecular weight excluding hydrogens is 390 g/mol. The molecule has 2 aliphatic rings. The third kappa shape index (κ3) is 3.29. The van der Waals surface area contributed by atoms with Gasteiger partial charge >= 0.3 is 0 Å². The van der Waals surface area contributed by atoms with Crippen molar-refractivity contribution >= 4 is 17.5 Å². The molecule has 0 bridgehead atoms. The number of hydrogen-bond acceptors (Lipinski definition) is 4. The molecule has 3 atom stereocenters. The van der Waals surface area contributed by atoms with Crippen LogP contribution in [0.4, 0.5) is 5.69 Å². The Morgan fingerprint density at radius 3 is 2.45 bits per heavy atom. The minimum atomic E-state index is -0.283. The molecule has 6 heteroatoms. The summed E-state index contributed by atoms with van der Waals surface area (Å²) in [6.07, 6.45) is 1.88. The van der Waals surface area contributed by atoms with E-state index < -0.39 is 0 Å². The van der Waals surface area contributed by atoms with Gasteiger partial charge in [-0.3, -0.25) is 14.6 Å². The van der Waals surface area contributed by atoms with E-state index in [1.54, 1.807) is 34.2 Å². The molecule has 6 nitrogen and oxygen atoms in total. The van der Waals surface area contributed by atoms with Crippen molar-refractivity contribution in [2.24, 2.45) is 0 Å². The molecule has 2 aliphatic heterocycles. The number of nitrogens with zero attached hydrogens (tertiary/aromatic N) is 3. The van der Waals surface area contributed by atoms with Gasteiger partial charge in [-0.15, -0.1) is 0 Å². The summed E-state index contributed by atoms with van der Waals surface area (Å²) in [5.41, 5.74) is 3.13. The van der Waals surface area contributed by atoms with Gasteiger partial charge < -0.3 is 14.9 Å². The first kappa shape index (κ1) is 19.5. The van der Waals surface area contributed by atoms with Gasteiger partial charge in [-0.2, -0.15) is 0 Å². The first-order valence-corrected chi connectivity index (χ1v) is 10.5.